The van der Waals surface area contributed by atoms with Gasteiger partial charge in [-0.15, -0.1) is 0 Å². The predicted octanol–water partition coefficient (Wildman–Crippen LogP) is 3.73. The Kier molecular flexibility index (Phi) is 7.28. The zero-order chi connectivity index (χ0) is 18.2. The predicted molar refractivity (Wildman–Crippen MR) is 98.5 cm³/mol. The fourth-order valence-corrected chi connectivity index (χ4v) is 2.74. The molecule has 25 heavy (non-hydrogen) atoms. The van der Waals surface area contributed by atoms with Crippen LogP contribution in [-0.2, 0) is 20.9 Å². The second-order valence-electron chi connectivity index (χ2n) is 5.20. The zero-order valence-electron chi connectivity index (χ0n) is 13.5. The van der Waals surface area contributed by atoms with Crippen molar-refractivity contribution in [2.45, 2.75) is 19.6 Å². The highest BCUT2D eigenvalue weighted by Crippen LogP contribution is 2.27. The van der Waals surface area contributed by atoms with Crippen LogP contribution in [0.2, 0.25) is 5.02 Å². The Labute approximate surface area is 159 Å². The van der Waals surface area contributed by atoms with Gasteiger partial charge >= 0.3 is 5.97 Å². The number of carbonyl (C=O) groups is 2. The highest BCUT2D eigenvalue weighted by atomic mass is 79.9. The van der Waals surface area contributed by atoms with Crippen LogP contribution in [-0.4, -0.2) is 24.6 Å². The molecule has 0 bridgehead atoms. The first-order valence-electron chi connectivity index (χ1n) is 7.54. The molecule has 0 saturated heterocycles. The monoisotopic (exact) mass is 425 g/mol. The van der Waals surface area contributed by atoms with Gasteiger partial charge in [0.05, 0.1) is 4.47 Å². The third kappa shape index (κ3) is 6.40. The quantitative estimate of drug-likeness (QED) is 0.685. The van der Waals surface area contributed by atoms with Crippen molar-refractivity contribution < 1.29 is 19.1 Å². The molecule has 7 heteroatoms. The van der Waals surface area contributed by atoms with Crippen LogP contribution in [0, 0.1) is 0 Å². The normalized spacial score (nSPS) is 11.5. The summed E-state index contributed by atoms with van der Waals surface area (Å²) >= 11 is 9.12. The molecule has 1 amide bonds. The minimum Gasteiger partial charge on any atom is -0.481 e. The smallest absolute Gasteiger partial charge is 0.344 e. The summed E-state index contributed by atoms with van der Waals surface area (Å²) in [5.41, 5.74) is 0.963. The fourth-order valence-electron chi connectivity index (χ4n) is 1.94. The molecule has 0 saturated carbocycles. The minimum absolute atomic E-state index is 0.309. The van der Waals surface area contributed by atoms with E-state index in [9.17, 15) is 9.59 Å². The number of nitrogens with one attached hydrogen (secondary N) is 1. The van der Waals surface area contributed by atoms with Crippen LogP contribution in [0.25, 0.3) is 0 Å². The van der Waals surface area contributed by atoms with Crippen molar-refractivity contribution in [2.75, 3.05) is 6.61 Å². The SMILES string of the molecule is CC(OC(=O)COc1ccc(Cl)cc1Br)C(=O)NCc1ccccc1. The van der Waals surface area contributed by atoms with Gasteiger partial charge in [-0.25, -0.2) is 4.79 Å². The molecule has 0 heterocycles. The molecular formula is C18H17BrClNO4. The van der Waals surface area contributed by atoms with E-state index in [1.165, 1.54) is 6.92 Å². The van der Waals surface area contributed by atoms with Gasteiger partial charge in [0.2, 0.25) is 0 Å². The van der Waals surface area contributed by atoms with Crippen LogP contribution in [0.4, 0.5) is 0 Å². The van der Waals surface area contributed by atoms with E-state index in [0.29, 0.717) is 21.8 Å². The molecule has 0 aliphatic carbocycles. The molecule has 2 aromatic rings. The van der Waals surface area contributed by atoms with Gasteiger partial charge in [0, 0.05) is 11.6 Å². The van der Waals surface area contributed by atoms with Crippen molar-refractivity contribution in [2.24, 2.45) is 0 Å². The van der Waals surface area contributed by atoms with E-state index in [4.69, 9.17) is 21.1 Å². The minimum atomic E-state index is -0.909. The number of esters is 1. The number of carbonyl (C=O) groups excluding carboxylic acids is 2. The summed E-state index contributed by atoms with van der Waals surface area (Å²) in [6.45, 7) is 1.57. The zero-order valence-corrected chi connectivity index (χ0v) is 15.8. The van der Waals surface area contributed by atoms with Gasteiger partial charge < -0.3 is 14.8 Å². The average molecular weight is 427 g/mol. The van der Waals surface area contributed by atoms with Gasteiger partial charge in [0.15, 0.2) is 12.7 Å². The third-order valence-corrected chi connectivity index (χ3v) is 4.08. The Morgan fingerprint density at radius 2 is 1.92 bits per heavy atom. The van der Waals surface area contributed by atoms with Crippen molar-refractivity contribution in [1.82, 2.24) is 5.32 Å². The molecule has 0 aliphatic rings. The Morgan fingerprint density at radius 1 is 1.20 bits per heavy atom. The summed E-state index contributed by atoms with van der Waals surface area (Å²) in [5.74, 6) is -0.545. The summed E-state index contributed by atoms with van der Waals surface area (Å²) in [4.78, 5) is 23.8. The lowest BCUT2D eigenvalue weighted by atomic mass is 10.2. The number of ether oxygens (including phenoxy) is 2. The fraction of sp³-hybridized carbons (Fsp3) is 0.222. The highest BCUT2D eigenvalue weighted by Gasteiger charge is 2.18. The molecular weight excluding hydrogens is 410 g/mol. The lowest BCUT2D eigenvalue weighted by Crippen LogP contribution is -2.36. The summed E-state index contributed by atoms with van der Waals surface area (Å²) in [5, 5.41) is 3.26. The highest BCUT2D eigenvalue weighted by molar-refractivity contribution is 9.10. The third-order valence-electron chi connectivity index (χ3n) is 3.23. The van der Waals surface area contributed by atoms with Crippen molar-refractivity contribution in [1.29, 1.82) is 0 Å². The van der Waals surface area contributed by atoms with Gasteiger partial charge in [0.1, 0.15) is 5.75 Å². The average Bonchev–Trinajstić information content (AvgIpc) is 2.59. The maximum Gasteiger partial charge on any atom is 0.344 e. The Bertz CT molecular complexity index is 739. The number of hydrogen-bond donors (Lipinski definition) is 1. The van der Waals surface area contributed by atoms with Crippen LogP contribution in [0.15, 0.2) is 53.0 Å². The van der Waals surface area contributed by atoms with Crippen molar-refractivity contribution in [3.8, 4) is 5.75 Å². The standard InChI is InChI=1S/C18H17BrClNO4/c1-12(18(23)21-10-13-5-3-2-4-6-13)25-17(22)11-24-16-8-7-14(20)9-15(16)19/h2-9,12H,10-11H2,1H3,(H,21,23). The molecule has 0 spiro atoms. The van der Waals surface area contributed by atoms with Crippen molar-refractivity contribution in [3.63, 3.8) is 0 Å². The van der Waals surface area contributed by atoms with Crippen LogP contribution < -0.4 is 10.1 Å². The Hall–Kier alpha value is -2.05. The van der Waals surface area contributed by atoms with E-state index in [-0.39, 0.29) is 12.5 Å². The lowest BCUT2D eigenvalue weighted by molar-refractivity contribution is -0.156. The molecule has 0 aromatic heterocycles. The van der Waals surface area contributed by atoms with E-state index < -0.39 is 12.1 Å². The van der Waals surface area contributed by atoms with Crippen molar-refractivity contribution in [3.05, 3.63) is 63.6 Å². The Morgan fingerprint density at radius 3 is 2.60 bits per heavy atom. The van der Waals surface area contributed by atoms with E-state index >= 15 is 0 Å². The number of hydrogen-bond acceptors (Lipinski definition) is 4. The largest absolute Gasteiger partial charge is 0.481 e. The van der Waals surface area contributed by atoms with E-state index in [2.05, 4.69) is 21.2 Å². The number of amides is 1. The second-order valence-corrected chi connectivity index (χ2v) is 6.49. The summed E-state index contributed by atoms with van der Waals surface area (Å²) in [6, 6.07) is 14.4. The van der Waals surface area contributed by atoms with Gasteiger partial charge in [-0.3, -0.25) is 4.79 Å². The molecule has 0 radical (unpaired) electrons. The molecule has 132 valence electrons. The van der Waals surface area contributed by atoms with Crippen molar-refractivity contribution >= 4 is 39.4 Å². The molecule has 2 rings (SSSR count). The molecule has 1 N–H and O–H groups in total. The maximum atomic E-state index is 12.0. The molecule has 0 aliphatic heterocycles. The number of rotatable bonds is 7. The van der Waals surface area contributed by atoms with E-state index in [1.807, 2.05) is 30.3 Å². The van der Waals surface area contributed by atoms with Crippen LogP contribution in [0.3, 0.4) is 0 Å². The molecule has 5 nitrogen and oxygen atoms in total. The Balaban J connectivity index is 1.76. The summed E-state index contributed by atoms with van der Waals surface area (Å²) in [7, 11) is 0. The second kappa shape index (κ2) is 9.44. The van der Waals surface area contributed by atoms with Gasteiger partial charge in [-0.05, 0) is 46.6 Å². The summed E-state index contributed by atoms with van der Waals surface area (Å²) in [6.07, 6.45) is -0.909. The van der Waals surface area contributed by atoms with Gasteiger partial charge in [-0.1, -0.05) is 41.9 Å². The number of halogens is 2. The first-order valence-corrected chi connectivity index (χ1v) is 8.72. The topological polar surface area (TPSA) is 64.6 Å². The first kappa shape index (κ1) is 19.3. The lowest BCUT2D eigenvalue weighted by Gasteiger charge is -2.14. The van der Waals surface area contributed by atoms with Crippen LogP contribution in [0.1, 0.15) is 12.5 Å². The van der Waals surface area contributed by atoms with E-state index in [1.54, 1.807) is 18.2 Å². The van der Waals surface area contributed by atoms with E-state index in [0.717, 1.165) is 5.56 Å². The summed E-state index contributed by atoms with van der Waals surface area (Å²) < 4.78 is 11.0. The van der Waals surface area contributed by atoms with Crippen LogP contribution >= 0.6 is 27.5 Å². The number of benzene rings is 2. The first-order chi connectivity index (χ1) is 12.0. The molecule has 0 fully saturated rings. The molecule has 1 unspecified atom stereocenters. The molecule has 2 aromatic carbocycles. The van der Waals surface area contributed by atoms with Gasteiger partial charge in [0.25, 0.3) is 5.91 Å². The van der Waals surface area contributed by atoms with Crippen LogP contribution in [0.5, 0.6) is 5.75 Å². The maximum absolute atomic E-state index is 12.0. The molecule has 1 atom stereocenters. The van der Waals surface area contributed by atoms with Gasteiger partial charge in [-0.2, -0.15) is 0 Å².